The smallest absolute Gasteiger partial charge is 0.127 e. The summed E-state index contributed by atoms with van der Waals surface area (Å²) in [5, 5.41) is 4.69. The van der Waals surface area contributed by atoms with Crippen molar-refractivity contribution in [1.82, 2.24) is 9.78 Å². The van der Waals surface area contributed by atoms with Crippen LogP contribution in [-0.2, 0) is 11.2 Å². The van der Waals surface area contributed by atoms with Crippen LogP contribution in [0.5, 0.6) is 0 Å². The molecule has 1 atom stereocenters. The largest absolute Gasteiger partial charge is 0.303 e. The third kappa shape index (κ3) is 4.54. The average Bonchev–Trinajstić information content (AvgIpc) is 2.94. The number of rotatable bonds is 7. The predicted octanol–water partition coefficient (Wildman–Crippen LogP) is 4.76. The first-order chi connectivity index (χ1) is 11.5. The highest BCUT2D eigenvalue weighted by Gasteiger charge is 2.14. The van der Waals surface area contributed by atoms with E-state index in [1.807, 2.05) is 30.7 Å². The zero-order chi connectivity index (χ0) is 17.5. The summed E-state index contributed by atoms with van der Waals surface area (Å²) in [6.07, 6.45) is 8.77. The van der Waals surface area contributed by atoms with Gasteiger partial charge in [0.1, 0.15) is 6.29 Å². The van der Waals surface area contributed by atoms with Gasteiger partial charge in [0, 0.05) is 18.0 Å². The van der Waals surface area contributed by atoms with Crippen LogP contribution in [0, 0.1) is 19.8 Å². The third-order valence-electron chi connectivity index (χ3n) is 4.13. The number of aryl methyl sites for hydroxylation is 2. The molecule has 0 aliphatic carbocycles. The molecule has 0 fully saturated rings. The molecule has 3 nitrogen and oxygen atoms in total. The van der Waals surface area contributed by atoms with Gasteiger partial charge in [0.15, 0.2) is 0 Å². The van der Waals surface area contributed by atoms with Crippen LogP contribution in [0.15, 0.2) is 54.1 Å². The van der Waals surface area contributed by atoms with E-state index in [0.29, 0.717) is 6.42 Å². The van der Waals surface area contributed by atoms with Crippen LogP contribution in [0.4, 0.5) is 0 Å². The predicted molar refractivity (Wildman–Crippen MR) is 99.5 cm³/mol. The van der Waals surface area contributed by atoms with Crippen molar-refractivity contribution in [2.24, 2.45) is 5.92 Å². The highest BCUT2D eigenvalue weighted by Crippen LogP contribution is 2.18. The molecule has 0 aliphatic rings. The van der Waals surface area contributed by atoms with Crippen molar-refractivity contribution < 1.29 is 4.79 Å². The van der Waals surface area contributed by atoms with E-state index >= 15 is 0 Å². The molecule has 0 radical (unpaired) electrons. The molecule has 0 N–H and O–H groups in total. The molecule has 0 bridgehead atoms. The quantitative estimate of drug-likeness (QED) is 0.544. The molecule has 0 spiro atoms. The standard InChI is InChI=1S/C21H26N2O/c1-5-6-7-8-17(3)19(15-24)14-20-13-18(4)23(22-20)21-11-9-16(2)10-12-21/h6-13,15,19H,5,14H2,1-4H3/b7-6-,17-8+. The van der Waals surface area contributed by atoms with Crippen LogP contribution in [0.2, 0.25) is 0 Å². The van der Waals surface area contributed by atoms with Crippen LogP contribution in [0.25, 0.3) is 5.69 Å². The monoisotopic (exact) mass is 322 g/mol. The molecule has 2 rings (SSSR count). The summed E-state index contributed by atoms with van der Waals surface area (Å²) < 4.78 is 1.94. The second kappa shape index (κ2) is 8.44. The van der Waals surface area contributed by atoms with E-state index in [1.54, 1.807) is 0 Å². The van der Waals surface area contributed by atoms with E-state index in [2.05, 4.69) is 55.4 Å². The Labute approximate surface area is 144 Å². The van der Waals surface area contributed by atoms with Crippen LogP contribution in [0.1, 0.15) is 37.2 Å². The van der Waals surface area contributed by atoms with E-state index in [1.165, 1.54) is 5.56 Å². The molecule has 2 aromatic rings. The second-order valence-corrected chi connectivity index (χ2v) is 6.22. The maximum absolute atomic E-state index is 11.5. The summed E-state index contributed by atoms with van der Waals surface area (Å²) in [4.78, 5) is 11.5. The minimum absolute atomic E-state index is 0.132. The number of aromatic nitrogens is 2. The molecule has 1 unspecified atom stereocenters. The highest BCUT2D eigenvalue weighted by atomic mass is 16.1. The van der Waals surface area contributed by atoms with Gasteiger partial charge < -0.3 is 4.79 Å². The number of hydrogen-bond donors (Lipinski definition) is 0. The Morgan fingerprint density at radius 1 is 1.25 bits per heavy atom. The normalized spacial score (nSPS) is 13.4. The Hall–Kier alpha value is -2.42. The van der Waals surface area contributed by atoms with Gasteiger partial charge in [-0.1, -0.05) is 48.4 Å². The van der Waals surface area contributed by atoms with Gasteiger partial charge in [-0.25, -0.2) is 4.68 Å². The van der Waals surface area contributed by atoms with Gasteiger partial charge in [0.25, 0.3) is 0 Å². The fourth-order valence-electron chi connectivity index (χ4n) is 2.61. The van der Waals surface area contributed by atoms with Crippen LogP contribution >= 0.6 is 0 Å². The van der Waals surface area contributed by atoms with Crippen molar-refractivity contribution in [3.8, 4) is 5.69 Å². The van der Waals surface area contributed by atoms with E-state index < -0.39 is 0 Å². The van der Waals surface area contributed by atoms with Crippen molar-refractivity contribution in [3.63, 3.8) is 0 Å². The summed E-state index contributed by atoms with van der Waals surface area (Å²) in [5.74, 6) is -0.132. The Balaban J connectivity index is 2.19. The van der Waals surface area contributed by atoms with Gasteiger partial charge >= 0.3 is 0 Å². The third-order valence-corrected chi connectivity index (χ3v) is 4.13. The molecular weight excluding hydrogens is 296 g/mol. The van der Waals surface area contributed by atoms with Crippen LogP contribution in [0.3, 0.4) is 0 Å². The van der Waals surface area contributed by atoms with E-state index in [9.17, 15) is 4.79 Å². The molecule has 3 heteroatoms. The molecule has 126 valence electrons. The number of nitrogens with zero attached hydrogens (tertiary/aromatic N) is 2. The number of allylic oxidation sites excluding steroid dienone is 4. The minimum Gasteiger partial charge on any atom is -0.303 e. The Morgan fingerprint density at radius 2 is 1.96 bits per heavy atom. The summed E-state index contributed by atoms with van der Waals surface area (Å²) in [5.41, 5.74) is 5.36. The number of carbonyl (C=O) groups is 1. The zero-order valence-corrected chi connectivity index (χ0v) is 15.0. The van der Waals surface area contributed by atoms with Crippen LogP contribution < -0.4 is 0 Å². The van der Waals surface area contributed by atoms with Gasteiger partial charge in [0.05, 0.1) is 11.4 Å². The average molecular weight is 322 g/mol. The first-order valence-corrected chi connectivity index (χ1v) is 8.46. The van der Waals surface area contributed by atoms with Gasteiger partial charge in [-0.3, -0.25) is 0 Å². The fraction of sp³-hybridized carbons (Fsp3) is 0.333. The Morgan fingerprint density at radius 3 is 2.58 bits per heavy atom. The van der Waals surface area contributed by atoms with Crippen molar-refractivity contribution in [2.75, 3.05) is 0 Å². The van der Waals surface area contributed by atoms with E-state index in [-0.39, 0.29) is 5.92 Å². The van der Waals surface area contributed by atoms with Crippen molar-refractivity contribution in [2.45, 2.75) is 40.5 Å². The molecule has 0 amide bonds. The van der Waals surface area contributed by atoms with E-state index in [0.717, 1.165) is 35.4 Å². The lowest BCUT2D eigenvalue weighted by Gasteiger charge is -2.08. The molecule has 24 heavy (non-hydrogen) atoms. The molecule has 0 saturated carbocycles. The summed E-state index contributed by atoms with van der Waals surface area (Å²) in [6, 6.07) is 10.4. The van der Waals surface area contributed by atoms with Gasteiger partial charge in [-0.2, -0.15) is 5.10 Å². The number of benzene rings is 1. The maximum atomic E-state index is 11.5. The molecule has 1 aromatic heterocycles. The molecule has 1 heterocycles. The lowest BCUT2D eigenvalue weighted by atomic mass is 9.96. The lowest BCUT2D eigenvalue weighted by Crippen LogP contribution is -2.09. The second-order valence-electron chi connectivity index (χ2n) is 6.22. The van der Waals surface area contributed by atoms with Crippen molar-refractivity contribution in [3.05, 3.63) is 71.1 Å². The first-order valence-electron chi connectivity index (χ1n) is 8.46. The number of hydrogen-bond acceptors (Lipinski definition) is 2. The lowest BCUT2D eigenvalue weighted by molar-refractivity contribution is -0.110. The van der Waals surface area contributed by atoms with Gasteiger partial charge in [0.2, 0.25) is 0 Å². The fourth-order valence-corrected chi connectivity index (χ4v) is 2.61. The molecular formula is C21H26N2O. The first kappa shape index (κ1) is 17.9. The maximum Gasteiger partial charge on any atom is 0.127 e. The Kier molecular flexibility index (Phi) is 6.30. The van der Waals surface area contributed by atoms with Crippen LogP contribution in [-0.4, -0.2) is 16.1 Å². The topological polar surface area (TPSA) is 34.9 Å². The number of aldehydes is 1. The number of carbonyl (C=O) groups excluding carboxylic acids is 1. The SMILES string of the molecule is CC/C=C\C=C(/C)C(C=O)Cc1cc(C)n(-c2ccc(C)cc2)n1. The van der Waals surface area contributed by atoms with Crippen molar-refractivity contribution >= 4 is 6.29 Å². The zero-order valence-electron chi connectivity index (χ0n) is 15.0. The minimum atomic E-state index is -0.132. The Bertz CT molecular complexity index is 736. The molecule has 0 saturated heterocycles. The summed E-state index contributed by atoms with van der Waals surface area (Å²) in [6.45, 7) is 8.21. The highest BCUT2D eigenvalue weighted by molar-refractivity contribution is 5.59. The van der Waals surface area contributed by atoms with Gasteiger partial charge in [-0.05, 0) is 45.4 Å². The van der Waals surface area contributed by atoms with Gasteiger partial charge in [-0.15, -0.1) is 0 Å². The molecule has 0 aliphatic heterocycles. The van der Waals surface area contributed by atoms with Crippen molar-refractivity contribution in [1.29, 1.82) is 0 Å². The summed E-state index contributed by atoms with van der Waals surface area (Å²) >= 11 is 0. The summed E-state index contributed by atoms with van der Waals surface area (Å²) in [7, 11) is 0. The van der Waals surface area contributed by atoms with E-state index in [4.69, 9.17) is 0 Å². The molecule has 1 aromatic carbocycles.